The quantitative estimate of drug-likeness (QED) is 0.0149. The summed E-state index contributed by atoms with van der Waals surface area (Å²) in [6, 6.07) is -1.03. The zero-order valence-electron chi connectivity index (χ0n) is 52.9. The molecule has 1 aliphatic heterocycles. The second kappa shape index (κ2) is 58.5. The number of hydrogen-bond donors (Lipinski definition) is 6. The van der Waals surface area contributed by atoms with Gasteiger partial charge < -0.3 is 45.1 Å². The van der Waals surface area contributed by atoms with Gasteiger partial charge in [-0.05, 0) is 77.0 Å². The smallest absolute Gasteiger partial charge is 0.306 e. The summed E-state index contributed by atoms with van der Waals surface area (Å²) in [5.41, 5.74) is 0. The van der Waals surface area contributed by atoms with Gasteiger partial charge in [-0.3, -0.25) is 9.59 Å². The lowest BCUT2D eigenvalue weighted by atomic mass is 9.99. The van der Waals surface area contributed by atoms with E-state index in [4.69, 9.17) is 14.2 Å². The number of carbonyl (C=O) groups is 2. The van der Waals surface area contributed by atoms with Gasteiger partial charge in [-0.25, -0.2) is 0 Å². The summed E-state index contributed by atoms with van der Waals surface area (Å²) < 4.78 is 17.7. The van der Waals surface area contributed by atoms with Crippen LogP contribution in [0.2, 0.25) is 0 Å². The third-order valence-corrected chi connectivity index (χ3v) is 15.9. The highest BCUT2D eigenvalue weighted by molar-refractivity contribution is 5.80. The lowest BCUT2D eigenvalue weighted by Gasteiger charge is -2.41. The van der Waals surface area contributed by atoms with Gasteiger partial charge in [0.1, 0.15) is 24.4 Å². The molecule has 1 fully saturated rings. The maximum absolute atomic E-state index is 13.4. The third-order valence-electron chi connectivity index (χ3n) is 15.9. The molecule has 1 saturated heterocycles. The number of amides is 1. The molecule has 8 unspecified atom stereocenters. The fourth-order valence-corrected chi connectivity index (χ4v) is 10.5. The van der Waals surface area contributed by atoms with Gasteiger partial charge in [-0.1, -0.05) is 293 Å². The van der Waals surface area contributed by atoms with Crippen LogP contribution in [0, 0.1) is 0 Å². The molecule has 1 amide bonds. The second-order valence-electron chi connectivity index (χ2n) is 23.6. The second-order valence-corrected chi connectivity index (χ2v) is 23.6. The van der Waals surface area contributed by atoms with Crippen LogP contribution in [-0.4, -0.2) is 99.6 Å². The average Bonchev–Trinajstić information content (AvgIpc) is 3.68. The van der Waals surface area contributed by atoms with Crippen LogP contribution in [-0.2, 0) is 23.8 Å². The van der Waals surface area contributed by atoms with Crippen LogP contribution in [0.1, 0.15) is 303 Å². The van der Waals surface area contributed by atoms with Gasteiger partial charge >= 0.3 is 5.97 Å². The molecule has 82 heavy (non-hydrogen) atoms. The van der Waals surface area contributed by atoms with E-state index in [1.54, 1.807) is 6.08 Å². The molecule has 6 N–H and O–H groups in total. The largest absolute Gasteiger partial charge is 0.454 e. The van der Waals surface area contributed by atoms with Crippen molar-refractivity contribution in [2.45, 2.75) is 352 Å². The van der Waals surface area contributed by atoms with Crippen molar-refractivity contribution in [3.63, 3.8) is 0 Å². The van der Waals surface area contributed by atoms with Crippen molar-refractivity contribution >= 4 is 11.9 Å². The van der Waals surface area contributed by atoms with Crippen molar-refractivity contribution in [3.05, 3.63) is 72.9 Å². The first-order valence-electron chi connectivity index (χ1n) is 34.2. The molecule has 0 aromatic carbocycles. The van der Waals surface area contributed by atoms with Crippen molar-refractivity contribution < 1.29 is 49.3 Å². The first kappa shape index (κ1) is 77.1. The molecule has 1 heterocycles. The minimum atomic E-state index is -1.62. The van der Waals surface area contributed by atoms with Crippen molar-refractivity contribution in [2.24, 2.45) is 0 Å². The van der Waals surface area contributed by atoms with Crippen LogP contribution in [0.5, 0.6) is 0 Å². The highest BCUT2D eigenvalue weighted by atomic mass is 16.7. The minimum absolute atomic E-state index is 0.122. The molecule has 0 aliphatic carbocycles. The lowest BCUT2D eigenvalue weighted by Crippen LogP contribution is -2.61. The van der Waals surface area contributed by atoms with E-state index in [-0.39, 0.29) is 19.4 Å². The fourth-order valence-electron chi connectivity index (χ4n) is 10.5. The van der Waals surface area contributed by atoms with Crippen molar-refractivity contribution in [2.75, 3.05) is 13.2 Å². The van der Waals surface area contributed by atoms with Crippen molar-refractivity contribution in [3.8, 4) is 0 Å². The molecule has 0 spiro atoms. The van der Waals surface area contributed by atoms with Crippen molar-refractivity contribution in [1.29, 1.82) is 0 Å². The average molecular weight is 1150 g/mol. The Labute approximate surface area is 502 Å². The molecule has 11 heteroatoms. The highest BCUT2D eigenvalue weighted by Crippen LogP contribution is 2.26. The number of ether oxygens (including phenoxy) is 3. The Kier molecular flexibility index (Phi) is 55.0. The van der Waals surface area contributed by atoms with E-state index in [0.29, 0.717) is 12.8 Å². The molecule has 0 saturated carbocycles. The Balaban J connectivity index is 2.54. The minimum Gasteiger partial charge on any atom is -0.454 e. The first-order valence-corrected chi connectivity index (χ1v) is 34.2. The summed E-state index contributed by atoms with van der Waals surface area (Å²) in [5.74, 6) is -1.20. The molecular weight excluding hydrogens is 1030 g/mol. The molecule has 0 aromatic rings. The van der Waals surface area contributed by atoms with Gasteiger partial charge in [0.2, 0.25) is 5.91 Å². The summed E-state index contributed by atoms with van der Waals surface area (Å²) in [4.78, 5) is 26.6. The first-order chi connectivity index (χ1) is 40.2. The number of unbranched alkanes of at least 4 members (excludes halogenated alkanes) is 36. The van der Waals surface area contributed by atoms with Gasteiger partial charge in [0.05, 0.1) is 25.4 Å². The SMILES string of the molecule is CC/C=C/C=C/C=C/CCCCCCCCC(O)C(=O)NC(COC1OC(CO)C(O)C(O)C1OC(=O)CCCCCCCCCCCCCCCCCCC/C=C\C/C=C\CCCCC)C(O)/C=C/CCCCCCCCCCCC. The predicted molar refractivity (Wildman–Crippen MR) is 343 cm³/mol. The van der Waals surface area contributed by atoms with Crippen LogP contribution in [0.15, 0.2) is 72.9 Å². The summed E-state index contributed by atoms with van der Waals surface area (Å²) in [6.07, 6.45) is 65.2. The molecule has 8 atom stereocenters. The summed E-state index contributed by atoms with van der Waals surface area (Å²) in [7, 11) is 0. The number of aliphatic hydroxyl groups is 5. The molecule has 1 aliphatic rings. The van der Waals surface area contributed by atoms with Crippen LogP contribution in [0.4, 0.5) is 0 Å². The molecular formula is C71H127NO10. The number of carbonyl (C=O) groups excluding carboxylic acids is 2. The molecule has 0 bridgehead atoms. The number of allylic oxidation sites excluding steroid dienone is 11. The Morgan fingerprint density at radius 2 is 0.927 bits per heavy atom. The van der Waals surface area contributed by atoms with Gasteiger partial charge in [-0.2, -0.15) is 0 Å². The zero-order valence-corrected chi connectivity index (χ0v) is 52.9. The van der Waals surface area contributed by atoms with Gasteiger partial charge in [0.15, 0.2) is 12.4 Å². The normalized spacial score (nSPS) is 19.0. The Morgan fingerprint density at radius 3 is 1.43 bits per heavy atom. The van der Waals surface area contributed by atoms with Gasteiger partial charge in [0, 0.05) is 6.42 Å². The van der Waals surface area contributed by atoms with Crippen LogP contribution in [0.25, 0.3) is 0 Å². The molecule has 1 rings (SSSR count). The maximum Gasteiger partial charge on any atom is 0.306 e. The number of rotatable bonds is 58. The Bertz CT molecular complexity index is 1610. The number of esters is 1. The lowest BCUT2D eigenvalue weighted by molar-refractivity contribution is -0.305. The molecule has 0 radical (unpaired) electrons. The summed E-state index contributed by atoms with van der Waals surface area (Å²) >= 11 is 0. The van der Waals surface area contributed by atoms with Crippen LogP contribution >= 0.6 is 0 Å². The third kappa shape index (κ3) is 45.5. The van der Waals surface area contributed by atoms with E-state index in [1.165, 1.54) is 167 Å². The number of hydrogen-bond acceptors (Lipinski definition) is 10. The highest BCUT2D eigenvalue weighted by Gasteiger charge is 2.47. The van der Waals surface area contributed by atoms with Crippen LogP contribution in [0.3, 0.4) is 0 Å². The van der Waals surface area contributed by atoms with E-state index >= 15 is 0 Å². The topological polar surface area (TPSA) is 175 Å². The number of aliphatic hydroxyl groups excluding tert-OH is 5. The molecule has 0 aromatic heterocycles. The van der Waals surface area contributed by atoms with Gasteiger partial charge in [0.25, 0.3) is 0 Å². The van der Waals surface area contributed by atoms with E-state index < -0.39 is 67.4 Å². The van der Waals surface area contributed by atoms with Gasteiger partial charge in [-0.15, -0.1) is 0 Å². The Hall–Kier alpha value is -2.90. The monoisotopic (exact) mass is 1150 g/mol. The van der Waals surface area contributed by atoms with Crippen LogP contribution < -0.4 is 5.32 Å². The van der Waals surface area contributed by atoms with E-state index in [1.807, 2.05) is 12.2 Å². The van der Waals surface area contributed by atoms with E-state index in [9.17, 15) is 35.1 Å². The van der Waals surface area contributed by atoms with E-state index in [2.05, 4.69) is 80.8 Å². The fraction of sp³-hybridized carbons (Fsp3) is 0.803. The molecule has 476 valence electrons. The van der Waals surface area contributed by atoms with E-state index in [0.717, 1.165) is 89.9 Å². The van der Waals surface area contributed by atoms with Crippen molar-refractivity contribution in [1.82, 2.24) is 5.32 Å². The zero-order chi connectivity index (χ0) is 59.6. The standard InChI is InChI=1S/C71H127NO10/c1-4-7-10-13-16-19-22-25-27-28-29-30-31-32-33-34-35-36-37-38-39-41-44-47-50-53-56-59-66(76)82-69-68(78)67(77)65(60-73)81-71(69)80-61-62(63(74)57-54-51-48-45-42-24-21-18-15-12-9-6-3)72-70(79)64(75)58-55-52-49-46-43-40-26-23-20-17-14-11-8-5-2/h8,11,14,16-17,19-20,23,25,27,54,57,62-65,67-69,71,73-75,77-78H,4-7,9-10,12-13,15,18,21-22,24,26,28-53,55-56,58-61H2,1-3H3,(H,72,79)/b11-8+,17-14+,19-16-,23-20+,27-25-,57-54+. The summed E-state index contributed by atoms with van der Waals surface area (Å²) in [5, 5.41) is 57.1. The number of nitrogens with one attached hydrogen (secondary N) is 1. The molecule has 11 nitrogen and oxygen atoms in total. The Morgan fingerprint density at radius 1 is 0.500 bits per heavy atom. The maximum atomic E-state index is 13.4. The summed E-state index contributed by atoms with van der Waals surface area (Å²) in [6.45, 7) is 5.65. The predicted octanol–water partition coefficient (Wildman–Crippen LogP) is 17.1.